The lowest BCUT2D eigenvalue weighted by Crippen LogP contribution is -2.37. The first-order valence-electron chi connectivity index (χ1n) is 7.27. The number of carboxylic acid groups (broad SMARTS) is 1. The molecule has 1 aromatic heterocycles. The zero-order chi connectivity index (χ0) is 16.1. The van der Waals surface area contributed by atoms with E-state index in [1.54, 1.807) is 30.3 Å². The summed E-state index contributed by atoms with van der Waals surface area (Å²) in [6, 6.07) is 9.16. The highest BCUT2D eigenvalue weighted by molar-refractivity contribution is 5.73. The Morgan fingerprint density at radius 2 is 2.00 bits per heavy atom. The predicted molar refractivity (Wildman–Crippen MR) is 81.8 cm³/mol. The lowest BCUT2D eigenvalue weighted by Gasteiger charge is -2.15. The van der Waals surface area contributed by atoms with Crippen LogP contribution in [0.2, 0.25) is 0 Å². The van der Waals surface area contributed by atoms with Gasteiger partial charge in [0.15, 0.2) is 0 Å². The Morgan fingerprint density at radius 3 is 2.64 bits per heavy atom. The van der Waals surface area contributed by atoms with Crippen molar-refractivity contribution in [1.82, 2.24) is 5.32 Å². The Morgan fingerprint density at radius 1 is 1.27 bits per heavy atom. The van der Waals surface area contributed by atoms with Crippen molar-refractivity contribution in [3.05, 3.63) is 48.0 Å². The summed E-state index contributed by atoms with van der Waals surface area (Å²) >= 11 is 0. The molecule has 2 rings (SSSR count). The summed E-state index contributed by atoms with van der Waals surface area (Å²) in [5.41, 5.74) is 0.394. The molecule has 0 unspecified atom stereocenters. The minimum Gasteiger partial charge on any atom is -0.480 e. The van der Waals surface area contributed by atoms with Crippen LogP contribution in [0.4, 0.5) is 4.39 Å². The molecule has 1 heterocycles. The molecule has 2 aromatic rings. The van der Waals surface area contributed by atoms with Gasteiger partial charge in [-0.15, -0.1) is 0 Å². The first kappa shape index (κ1) is 16.2. The molecule has 2 N–H and O–H groups in total. The van der Waals surface area contributed by atoms with Gasteiger partial charge in [-0.3, -0.25) is 10.1 Å². The van der Waals surface area contributed by atoms with Crippen LogP contribution in [-0.2, 0) is 11.3 Å². The molecule has 1 aromatic carbocycles. The minimum absolute atomic E-state index is 0.277. The van der Waals surface area contributed by atoms with Gasteiger partial charge < -0.3 is 9.52 Å². The average Bonchev–Trinajstić information content (AvgIpc) is 2.92. The van der Waals surface area contributed by atoms with Crippen LogP contribution < -0.4 is 5.32 Å². The van der Waals surface area contributed by atoms with Crippen molar-refractivity contribution in [3.63, 3.8) is 0 Å². The molecule has 22 heavy (non-hydrogen) atoms. The number of benzene rings is 1. The summed E-state index contributed by atoms with van der Waals surface area (Å²) in [5, 5.41) is 12.1. The van der Waals surface area contributed by atoms with Crippen molar-refractivity contribution in [1.29, 1.82) is 0 Å². The molecule has 5 heteroatoms. The van der Waals surface area contributed by atoms with Crippen LogP contribution in [0.5, 0.6) is 0 Å². The van der Waals surface area contributed by atoms with Crippen molar-refractivity contribution in [2.75, 3.05) is 0 Å². The van der Waals surface area contributed by atoms with E-state index in [2.05, 4.69) is 5.32 Å². The fourth-order valence-electron chi connectivity index (χ4n) is 2.25. The molecule has 0 spiro atoms. The quantitative estimate of drug-likeness (QED) is 0.819. The highest BCUT2D eigenvalue weighted by Gasteiger charge is 2.19. The van der Waals surface area contributed by atoms with E-state index in [4.69, 9.17) is 4.42 Å². The monoisotopic (exact) mass is 305 g/mol. The van der Waals surface area contributed by atoms with Crippen molar-refractivity contribution in [2.45, 2.75) is 32.9 Å². The molecule has 0 amide bonds. The smallest absolute Gasteiger partial charge is 0.320 e. The zero-order valence-electron chi connectivity index (χ0n) is 12.7. The predicted octanol–water partition coefficient (Wildman–Crippen LogP) is 3.67. The van der Waals surface area contributed by atoms with Crippen LogP contribution in [0, 0.1) is 11.7 Å². The Labute approximate surface area is 129 Å². The van der Waals surface area contributed by atoms with Gasteiger partial charge in [-0.2, -0.15) is 0 Å². The summed E-state index contributed by atoms with van der Waals surface area (Å²) in [6.07, 6.45) is 0.538. The lowest BCUT2D eigenvalue weighted by molar-refractivity contribution is -0.140. The van der Waals surface area contributed by atoms with E-state index in [-0.39, 0.29) is 18.3 Å². The van der Waals surface area contributed by atoms with Gasteiger partial charge in [0.25, 0.3) is 0 Å². The summed E-state index contributed by atoms with van der Waals surface area (Å²) in [5.74, 6) is 0.0623. The third kappa shape index (κ3) is 4.18. The van der Waals surface area contributed by atoms with Crippen LogP contribution in [0.25, 0.3) is 11.3 Å². The Bertz CT molecular complexity index is 636. The molecule has 0 bridgehead atoms. The average molecular weight is 305 g/mol. The second kappa shape index (κ2) is 7.22. The molecule has 0 fully saturated rings. The van der Waals surface area contributed by atoms with E-state index in [1.165, 1.54) is 6.07 Å². The van der Waals surface area contributed by atoms with E-state index < -0.39 is 12.0 Å². The van der Waals surface area contributed by atoms with Crippen molar-refractivity contribution in [3.8, 4) is 11.3 Å². The van der Waals surface area contributed by atoms with Gasteiger partial charge in [0.05, 0.1) is 12.1 Å². The largest absolute Gasteiger partial charge is 0.480 e. The van der Waals surface area contributed by atoms with E-state index >= 15 is 0 Å². The van der Waals surface area contributed by atoms with Gasteiger partial charge >= 0.3 is 5.97 Å². The SMILES string of the molecule is CC(C)C[C@@H](NCc1ccc(-c2ccccc2F)o1)C(=O)O. The number of furan rings is 1. The van der Waals surface area contributed by atoms with E-state index in [0.717, 1.165) is 0 Å². The molecule has 1 atom stereocenters. The Hall–Kier alpha value is -2.14. The topological polar surface area (TPSA) is 62.5 Å². The van der Waals surface area contributed by atoms with Crippen LogP contribution >= 0.6 is 0 Å². The highest BCUT2D eigenvalue weighted by atomic mass is 19.1. The van der Waals surface area contributed by atoms with Gasteiger partial charge in [0.1, 0.15) is 23.4 Å². The summed E-state index contributed by atoms with van der Waals surface area (Å²) in [7, 11) is 0. The van der Waals surface area contributed by atoms with Gasteiger partial charge in [-0.1, -0.05) is 26.0 Å². The fraction of sp³-hybridized carbons (Fsp3) is 0.353. The maximum Gasteiger partial charge on any atom is 0.320 e. The molecular formula is C17H20FNO3. The van der Waals surface area contributed by atoms with E-state index in [9.17, 15) is 14.3 Å². The molecular weight excluding hydrogens is 285 g/mol. The number of hydrogen-bond donors (Lipinski definition) is 2. The number of hydrogen-bond acceptors (Lipinski definition) is 3. The fourth-order valence-corrected chi connectivity index (χ4v) is 2.25. The molecule has 0 aliphatic carbocycles. The van der Waals surface area contributed by atoms with Gasteiger partial charge in [0.2, 0.25) is 0 Å². The standard InChI is InChI=1S/C17H20FNO3/c1-11(2)9-15(17(20)21)19-10-12-7-8-16(22-12)13-5-3-4-6-14(13)18/h3-8,11,15,19H,9-10H2,1-2H3,(H,20,21)/t15-/m1/s1. The molecule has 0 saturated carbocycles. The summed E-state index contributed by atoms with van der Waals surface area (Å²) < 4.78 is 19.3. The second-order valence-electron chi connectivity index (χ2n) is 5.65. The summed E-state index contributed by atoms with van der Waals surface area (Å²) in [4.78, 5) is 11.2. The second-order valence-corrected chi connectivity index (χ2v) is 5.65. The number of carboxylic acids is 1. The molecule has 0 aliphatic heterocycles. The Kier molecular flexibility index (Phi) is 5.33. The number of carbonyl (C=O) groups is 1. The summed E-state index contributed by atoms with van der Waals surface area (Å²) in [6.45, 7) is 4.24. The van der Waals surface area contributed by atoms with Crippen LogP contribution in [0.3, 0.4) is 0 Å². The number of aliphatic carboxylic acids is 1. The highest BCUT2D eigenvalue weighted by Crippen LogP contribution is 2.24. The number of nitrogens with one attached hydrogen (secondary N) is 1. The van der Waals surface area contributed by atoms with E-state index in [1.807, 2.05) is 13.8 Å². The molecule has 118 valence electrons. The maximum atomic E-state index is 13.7. The van der Waals surface area contributed by atoms with Crippen LogP contribution in [0.15, 0.2) is 40.8 Å². The first-order valence-corrected chi connectivity index (χ1v) is 7.27. The number of rotatable bonds is 7. The molecule has 0 aliphatic rings. The third-order valence-electron chi connectivity index (χ3n) is 3.33. The van der Waals surface area contributed by atoms with Gasteiger partial charge in [0, 0.05) is 0 Å². The zero-order valence-corrected chi connectivity index (χ0v) is 12.7. The maximum absolute atomic E-state index is 13.7. The van der Waals surface area contributed by atoms with Crippen molar-refractivity contribution >= 4 is 5.97 Å². The van der Waals surface area contributed by atoms with Crippen molar-refractivity contribution < 1.29 is 18.7 Å². The first-order chi connectivity index (χ1) is 10.5. The number of halogens is 1. The molecule has 4 nitrogen and oxygen atoms in total. The third-order valence-corrected chi connectivity index (χ3v) is 3.33. The minimum atomic E-state index is -0.880. The van der Waals surface area contributed by atoms with Crippen molar-refractivity contribution in [2.24, 2.45) is 5.92 Å². The Balaban J connectivity index is 2.03. The van der Waals surface area contributed by atoms with Crippen LogP contribution in [0.1, 0.15) is 26.0 Å². The van der Waals surface area contributed by atoms with Gasteiger partial charge in [-0.05, 0) is 36.6 Å². The van der Waals surface area contributed by atoms with Gasteiger partial charge in [-0.25, -0.2) is 4.39 Å². The normalized spacial score (nSPS) is 12.5. The van der Waals surface area contributed by atoms with Crippen LogP contribution in [-0.4, -0.2) is 17.1 Å². The molecule has 0 saturated heterocycles. The molecule has 0 radical (unpaired) electrons. The lowest BCUT2D eigenvalue weighted by atomic mass is 10.0. The van der Waals surface area contributed by atoms with E-state index in [0.29, 0.717) is 23.5 Å².